The molecule has 3 heteroatoms. The summed E-state index contributed by atoms with van der Waals surface area (Å²) in [7, 11) is 0. The van der Waals surface area contributed by atoms with Crippen LogP contribution in [-0.2, 0) is 4.79 Å². The van der Waals surface area contributed by atoms with Crippen LogP contribution in [0.3, 0.4) is 0 Å². The second kappa shape index (κ2) is 6.83. The van der Waals surface area contributed by atoms with Crippen molar-refractivity contribution in [2.24, 2.45) is 5.92 Å². The Labute approximate surface area is 93.0 Å². The molecule has 2 N–H and O–H groups in total. The fourth-order valence-electron chi connectivity index (χ4n) is 2.10. The first kappa shape index (κ1) is 12.5. The maximum absolute atomic E-state index is 11.7. The topological polar surface area (TPSA) is 41.1 Å². The summed E-state index contributed by atoms with van der Waals surface area (Å²) in [4.78, 5) is 11.7. The number of amides is 1. The van der Waals surface area contributed by atoms with Gasteiger partial charge in [0.2, 0.25) is 5.91 Å². The van der Waals surface area contributed by atoms with E-state index in [9.17, 15) is 4.79 Å². The fraction of sp³-hybridized carbons (Fsp3) is 0.917. The maximum atomic E-state index is 11.7. The second-order valence-corrected chi connectivity index (χ2v) is 4.50. The summed E-state index contributed by atoms with van der Waals surface area (Å²) in [5.74, 6) is 0.791. The van der Waals surface area contributed by atoms with E-state index in [1.807, 2.05) is 0 Å². The summed E-state index contributed by atoms with van der Waals surface area (Å²) in [5, 5.41) is 6.42. The van der Waals surface area contributed by atoms with E-state index in [-0.39, 0.29) is 5.91 Å². The number of carbonyl (C=O) groups excluding carboxylic acids is 1. The van der Waals surface area contributed by atoms with Crippen molar-refractivity contribution in [3.63, 3.8) is 0 Å². The molecule has 15 heavy (non-hydrogen) atoms. The Hall–Kier alpha value is -0.570. The summed E-state index contributed by atoms with van der Waals surface area (Å²) in [5.41, 5.74) is 0. The van der Waals surface area contributed by atoms with E-state index < -0.39 is 0 Å². The van der Waals surface area contributed by atoms with E-state index in [2.05, 4.69) is 24.5 Å². The quantitative estimate of drug-likeness (QED) is 0.728. The lowest BCUT2D eigenvalue weighted by atomic mass is 9.98. The van der Waals surface area contributed by atoms with Crippen molar-refractivity contribution in [3.8, 4) is 0 Å². The molecule has 0 aromatic rings. The predicted octanol–water partition coefficient (Wildman–Crippen LogP) is 1.68. The van der Waals surface area contributed by atoms with Gasteiger partial charge in [0.25, 0.3) is 0 Å². The van der Waals surface area contributed by atoms with Gasteiger partial charge in [-0.25, -0.2) is 0 Å². The lowest BCUT2D eigenvalue weighted by Gasteiger charge is -2.24. The van der Waals surface area contributed by atoms with Crippen molar-refractivity contribution in [2.45, 2.75) is 52.0 Å². The third-order valence-corrected chi connectivity index (χ3v) is 3.29. The Morgan fingerprint density at radius 1 is 1.47 bits per heavy atom. The Morgan fingerprint density at radius 3 is 2.73 bits per heavy atom. The lowest BCUT2D eigenvalue weighted by molar-refractivity contribution is -0.122. The van der Waals surface area contributed by atoms with Crippen LogP contribution in [0.2, 0.25) is 0 Å². The molecule has 0 saturated carbocycles. The molecule has 1 aliphatic heterocycles. The summed E-state index contributed by atoms with van der Waals surface area (Å²) < 4.78 is 0. The average Bonchev–Trinajstić information content (AvgIpc) is 2.27. The number of piperidine rings is 1. The van der Waals surface area contributed by atoms with Gasteiger partial charge in [-0.15, -0.1) is 0 Å². The van der Waals surface area contributed by atoms with Gasteiger partial charge < -0.3 is 10.6 Å². The summed E-state index contributed by atoms with van der Waals surface area (Å²) in [6.07, 6.45) is 5.21. The van der Waals surface area contributed by atoms with Crippen LogP contribution in [0.15, 0.2) is 0 Å². The van der Waals surface area contributed by atoms with Gasteiger partial charge in [-0.3, -0.25) is 4.79 Å². The van der Waals surface area contributed by atoms with Gasteiger partial charge in [-0.1, -0.05) is 26.7 Å². The van der Waals surface area contributed by atoms with E-state index in [1.54, 1.807) is 0 Å². The Kier molecular flexibility index (Phi) is 5.69. The van der Waals surface area contributed by atoms with Crippen LogP contribution >= 0.6 is 0 Å². The Balaban J connectivity index is 2.21. The third-order valence-electron chi connectivity index (χ3n) is 3.29. The molecule has 1 rings (SSSR count). The molecule has 0 aromatic heterocycles. The van der Waals surface area contributed by atoms with E-state index in [1.165, 1.54) is 6.42 Å². The summed E-state index contributed by atoms with van der Waals surface area (Å²) in [6, 6.07) is 0.362. The zero-order valence-corrected chi connectivity index (χ0v) is 10.0. The SMILES string of the molecule is CCC(CC)CC(=O)NC1CCCNC1. The molecule has 1 fully saturated rings. The zero-order chi connectivity index (χ0) is 11.1. The standard InChI is InChI=1S/C12H24N2O/c1-3-10(4-2)8-12(15)14-11-6-5-7-13-9-11/h10-11,13H,3-9H2,1-2H3,(H,14,15). The minimum atomic E-state index is 0.234. The highest BCUT2D eigenvalue weighted by Crippen LogP contribution is 2.12. The van der Waals surface area contributed by atoms with E-state index in [4.69, 9.17) is 0 Å². The highest BCUT2D eigenvalue weighted by Gasteiger charge is 2.16. The number of hydrogen-bond donors (Lipinski definition) is 2. The number of hydrogen-bond acceptors (Lipinski definition) is 2. The molecule has 1 atom stereocenters. The maximum Gasteiger partial charge on any atom is 0.220 e. The van der Waals surface area contributed by atoms with Crippen molar-refractivity contribution in [3.05, 3.63) is 0 Å². The van der Waals surface area contributed by atoms with Gasteiger partial charge in [0, 0.05) is 19.0 Å². The lowest BCUT2D eigenvalue weighted by Crippen LogP contribution is -2.45. The normalized spacial score (nSPS) is 21.7. The molecule has 1 heterocycles. The van der Waals surface area contributed by atoms with Gasteiger partial charge >= 0.3 is 0 Å². The zero-order valence-electron chi connectivity index (χ0n) is 10.0. The predicted molar refractivity (Wildman–Crippen MR) is 62.7 cm³/mol. The Bertz CT molecular complexity index is 184. The molecule has 88 valence electrons. The number of carbonyl (C=O) groups is 1. The van der Waals surface area contributed by atoms with Crippen LogP contribution in [0, 0.1) is 5.92 Å². The van der Waals surface area contributed by atoms with Gasteiger partial charge in [0.1, 0.15) is 0 Å². The average molecular weight is 212 g/mol. The highest BCUT2D eigenvalue weighted by molar-refractivity contribution is 5.76. The molecule has 0 aromatic carbocycles. The minimum absolute atomic E-state index is 0.234. The molecule has 3 nitrogen and oxygen atoms in total. The van der Waals surface area contributed by atoms with Crippen LogP contribution in [-0.4, -0.2) is 25.0 Å². The van der Waals surface area contributed by atoms with E-state index >= 15 is 0 Å². The first-order valence-electron chi connectivity index (χ1n) is 6.26. The van der Waals surface area contributed by atoms with Gasteiger partial charge in [0.05, 0.1) is 0 Å². The molecule has 0 radical (unpaired) electrons. The smallest absolute Gasteiger partial charge is 0.220 e. The van der Waals surface area contributed by atoms with Gasteiger partial charge in [-0.05, 0) is 25.3 Å². The molecule has 0 aliphatic carbocycles. The monoisotopic (exact) mass is 212 g/mol. The highest BCUT2D eigenvalue weighted by atomic mass is 16.1. The van der Waals surface area contributed by atoms with Gasteiger partial charge in [0.15, 0.2) is 0 Å². The third kappa shape index (κ3) is 4.65. The molecular formula is C12H24N2O. The van der Waals surface area contributed by atoms with E-state index in [0.717, 1.165) is 32.4 Å². The van der Waals surface area contributed by atoms with Crippen LogP contribution in [0.1, 0.15) is 46.0 Å². The molecule has 1 amide bonds. The van der Waals surface area contributed by atoms with Crippen molar-refractivity contribution >= 4 is 5.91 Å². The molecular weight excluding hydrogens is 188 g/mol. The van der Waals surface area contributed by atoms with Gasteiger partial charge in [-0.2, -0.15) is 0 Å². The fourth-order valence-corrected chi connectivity index (χ4v) is 2.10. The largest absolute Gasteiger partial charge is 0.352 e. The van der Waals surface area contributed by atoms with E-state index in [0.29, 0.717) is 18.4 Å². The molecule has 0 spiro atoms. The van der Waals surface area contributed by atoms with Crippen LogP contribution in [0.25, 0.3) is 0 Å². The van der Waals surface area contributed by atoms with Crippen LogP contribution < -0.4 is 10.6 Å². The Morgan fingerprint density at radius 2 is 2.20 bits per heavy atom. The van der Waals surface area contributed by atoms with Crippen molar-refractivity contribution < 1.29 is 4.79 Å². The number of rotatable bonds is 5. The molecule has 1 saturated heterocycles. The molecule has 1 aliphatic rings. The summed E-state index contributed by atoms with van der Waals surface area (Å²) >= 11 is 0. The first-order chi connectivity index (χ1) is 7.26. The van der Waals surface area contributed by atoms with Crippen molar-refractivity contribution in [1.82, 2.24) is 10.6 Å². The first-order valence-corrected chi connectivity index (χ1v) is 6.26. The molecule has 0 bridgehead atoms. The van der Waals surface area contributed by atoms with Crippen molar-refractivity contribution in [1.29, 1.82) is 0 Å². The second-order valence-electron chi connectivity index (χ2n) is 4.50. The van der Waals surface area contributed by atoms with Crippen molar-refractivity contribution in [2.75, 3.05) is 13.1 Å². The summed E-state index contributed by atoms with van der Waals surface area (Å²) in [6.45, 7) is 6.35. The number of nitrogens with one attached hydrogen (secondary N) is 2. The minimum Gasteiger partial charge on any atom is -0.352 e. The molecule has 1 unspecified atom stereocenters. The van der Waals surface area contributed by atoms with Crippen LogP contribution in [0.5, 0.6) is 0 Å². The van der Waals surface area contributed by atoms with Crippen LogP contribution in [0.4, 0.5) is 0 Å².